The van der Waals surface area contributed by atoms with E-state index < -0.39 is 21.8 Å². The summed E-state index contributed by atoms with van der Waals surface area (Å²) in [5.41, 5.74) is 0.652. The average Bonchev–Trinajstić information content (AvgIpc) is 2.67. The summed E-state index contributed by atoms with van der Waals surface area (Å²) in [6.07, 6.45) is 4.46. The first-order chi connectivity index (χ1) is 13.2. The van der Waals surface area contributed by atoms with E-state index in [9.17, 15) is 18.0 Å². The van der Waals surface area contributed by atoms with Crippen LogP contribution in [-0.4, -0.2) is 40.8 Å². The molecule has 0 fully saturated rings. The van der Waals surface area contributed by atoms with E-state index in [4.69, 9.17) is 14.2 Å². The van der Waals surface area contributed by atoms with Crippen LogP contribution in [0, 0.1) is 0 Å². The fourth-order valence-electron chi connectivity index (χ4n) is 2.45. The zero-order chi connectivity index (χ0) is 20.9. The van der Waals surface area contributed by atoms with Crippen molar-refractivity contribution in [2.75, 3.05) is 20.5 Å². The van der Waals surface area contributed by atoms with Gasteiger partial charge in [-0.1, -0.05) is 12.2 Å². The minimum absolute atomic E-state index is 0.110. The smallest absolute Gasteiger partial charge is 0.338 e. The Morgan fingerprint density at radius 2 is 1.57 bits per heavy atom. The molecule has 0 aliphatic rings. The van der Waals surface area contributed by atoms with Gasteiger partial charge in [-0.05, 0) is 43.3 Å². The van der Waals surface area contributed by atoms with Gasteiger partial charge in [-0.25, -0.2) is 18.0 Å². The molecule has 2 aromatic carbocycles. The second-order valence-corrected chi connectivity index (χ2v) is 7.78. The molecule has 0 saturated heterocycles. The van der Waals surface area contributed by atoms with Crippen molar-refractivity contribution in [2.45, 2.75) is 11.8 Å². The molecule has 0 atom stereocenters. The first-order valence-electron chi connectivity index (χ1n) is 8.16. The number of methoxy groups -OCH3 is 2. The summed E-state index contributed by atoms with van der Waals surface area (Å²) < 4.78 is 38.6. The lowest BCUT2D eigenvalue weighted by Crippen LogP contribution is -2.09. The summed E-state index contributed by atoms with van der Waals surface area (Å²) in [4.78, 5) is 24.3. The van der Waals surface area contributed by atoms with Crippen LogP contribution in [-0.2, 0) is 19.3 Å². The minimum atomic E-state index is -3.34. The van der Waals surface area contributed by atoms with Gasteiger partial charge in [0.15, 0.2) is 9.84 Å². The number of hydrogen-bond acceptors (Lipinski definition) is 7. The first kappa shape index (κ1) is 21.2. The first-order valence-corrected chi connectivity index (χ1v) is 10.1. The van der Waals surface area contributed by atoms with Gasteiger partial charge in [-0.15, -0.1) is 0 Å². The molecule has 0 spiro atoms. The Bertz CT molecular complexity index is 1020. The Labute approximate surface area is 163 Å². The number of carbonyl (C=O) groups is 2. The van der Waals surface area contributed by atoms with E-state index in [0.717, 1.165) is 6.26 Å². The van der Waals surface area contributed by atoms with Crippen LogP contribution in [0.5, 0.6) is 11.5 Å². The maximum absolute atomic E-state index is 12.2. The molecule has 0 saturated carbocycles. The highest BCUT2D eigenvalue weighted by Crippen LogP contribution is 2.32. The SMILES string of the molecule is CC=Cc1c(Oc2ccc(S(C)(=O)=O)cc2)cc(C(=O)OC)cc1C(=O)OC. The highest BCUT2D eigenvalue weighted by Gasteiger charge is 2.20. The van der Waals surface area contributed by atoms with E-state index in [1.807, 2.05) is 0 Å². The highest BCUT2D eigenvalue weighted by atomic mass is 32.2. The van der Waals surface area contributed by atoms with Crippen LogP contribution in [0.1, 0.15) is 33.2 Å². The van der Waals surface area contributed by atoms with Gasteiger partial charge in [-0.3, -0.25) is 0 Å². The second-order valence-electron chi connectivity index (χ2n) is 5.76. The summed E-state index contributed by atoms with van der Waals surface area (Å²) in [6, 6.07) is 8.60. The Kier molecular flexibility index (Phi) is 6.58. The van der Waals surface area contributed by atoms with Crippen molar-refractivity contribution in [2.24, 2.45) is 0 Å². The summed E-state index contributed by atoms with van der Waals surface area (Å²) in [5, 5.41) is 0. The lowest BCUT2D eigenvalue weighted by molar-refractivity contribution is 0.0598. The predicted molar refractivity (Wildman–Crippen MR) is 103 cm³/mol. The van der Waals surface area contributed by atoms with Gasteiger partial charge in [0, 0.05) is 11.8 Å². The third-order valence-corrected chi connectivity index (χ3v) is 4.91. The predicted octanol–water partition coefficient (Wildman–Crippen LogP) is 3.49. The van der Waals surface area contributed by atoms with Gasteiger partial charge in [-0.2, -0.15) is 0 Å². The monoisotopic (exact) mass is 404 g/mol. The van der Waals surface area contributed by atoms with Crippen molar-refractivity contribution in [1.29, 1.82) is 0 Å². The Hall–Kier alpha value is -3.13. The number of benzene rings is 2. The lowest BCUT2D eigenvalue weighted by Gasteiger charge is -2.14. The molecule has 0 aromatic heterocycles. The molecule has 8 heteroatoms. The summed E-state index contributed by atoms with van der Waals surface area (Å²) >= 11 is 0. The van der Waals surface area contributed by atoms with E-state index >= 15 is 0 Å². The maximum atomic E-state index is 12.2. The summed E-state index contributed by atoms with van der Waals surface area (Å²) in [6.45, 7) is 1.76. The molecule has 2 rings (SSSR count). The maximum Gasteiger partial charge on any atom is 0.338 e. The molecule has 0 aliphatic heterocycles. The highest BCUT2D eigenvalue weighted by molar-refractivity contribution is 7.90. The molecular weight excluding hydrogens is 384 g/mol. The van der Waals surface area contributed by atoms with Gasteiger partial charge in [0.25, 0.3) is 0 Å². The van der Waals surface area contributed by atoms with Gasteiger partial charge in [0.2, 0.25) is 0 Å². The Balaban J connectivity index is 2.59. The van der Waals surface area contributed by atoms with Crippen LogP contribution in [0.4, 0.5) is 0 Å². The number of rotatable bonds is 6. The number of hydrogen-bond donors (Lipinski definition) is 0. The zero-order valence-electron chi connectivity index (χ0n) is 15.9. The van der Waals surface area contributed by atoms with Crippen LogP contribution in [0.25, 0.3) is 6.08 Å². The standard InChI is InChI=1S/C20H20O7S/c1-5-6-16-17(20(22)26-3)11-13(19(21)25-2)12-18(16)27-14-7-9-15(10-8-14)28(4,23)24/h5-12H,1-4H3. The molecule has 148 valence electrons. The van der Waals surface area contributed by atoms with Crippen molar-refractivity contribution in [3.8, 4) is 11.5 Å². The fourth-order valence-corrected chi connectivity index (χ4v) is 3.08. The molecule has 0 aliphatic carbocycles. The van der Waals surface area contributed by atoms with E-state index in [1.54, 1.807) is 19.1 Å². The summed E-state index contributed by atoms with van der Waals surface area (Å²) in [7, 11) is -0.881. The number of sulfone groups is 1. The van der Waals surface area contributed by atoms with Crippen molar-refractivity contribution in [1.82, 2.24) is 0 Å². The summed E-state index contributed by atoms with van der Waals surface area (Å²) in [5.74, 6) is -0.741. The number of esters is 2. The Morgan fingerprint density at radius 3 is 2.07 bits per heavy atom. The number of carbonyl (C=O) groups excluding carboxylic acids is 2. The third-order valence-electron chi connectivity index (χ3n) is 3.78. The quantitative estimate of drug-likeness (QED) is 0.680. The molecule has 0 bridgehead atoms. The average molecular weight is 404 g/mol. The molecule has 0 N–H and O–H groups in total. The van der Waals surface area contributed by atoms with Crippen LogP contribution >= 0.6 is 0 Å². The minimum Gasteiger partial charge on any atom is -0.465 e. The van der Waals surface area contributed by atoms with Crippen LogP contribution < -0.4 is 4.74 Å². The molecule has 7 nitrogen and oxygen atoms in total. The van der Waals surface area contributed by atoms with Gasteiger partial charge < -0.3 is 14.2 Å². The normalized spacial score (nSPS) is 11.3. The number of ether oxygens (including phenoxy) is 3. The van der Waals surface area contributed by atoms with E-state index in [2.05, 4.69) is 0 Å². The fraction of sp³-hybridized carbons (Fsp3) is 0.200. The topological polar surface area (TPSA) is 96.0 Å². The second kappa shape index (κ2) is 8.71. The van der Waals surface area contributed by atoms with Crippen molar-refractivity contribution in [3.05, 3.63) is 59.2 Å². The molecular formula is C20H20O7S. The molecule has 0 radical (unpaired) electrons. The van der Waals surface area contributed by atoms with E-state index in [0.29, 0.717) is 11.3 Å². The van der Waals surface area contributed by atoms with Crippen molar-refractivity contribution in [3.63, 3.8) is 0 Å². The molecule has 2 aromatic rings. The largest absolute Gasteiger partial charge is 0.465 e. The van der Waals surface area contributed by atoms with Gasteiger partial charge >= 0.3 is 11.9 Å². The van der Waals surface area contributed by atoms with Crippen molar-refractivity contribution < 1.29 is 32.2 Å². The van der Waals surface area contributed by atoms with Gasteiger partial charge in [0.05, 0.1) is 30.2 Å². The zero-order valence-corrected chi connectivity index (χ0v) is 16.7. The van der Waals surface area contributed by atoms with Crippen LogP contribution in [0.3, 0.4) is 0 Å². The molecule has 0 amide bonds. The third kappa shape index (κ3) is 4.77. The molecule has 28 heavy (non-hydrogen) atoms. The van der Waals surface area contributed by atoms with E-state index in [1.165, 1.54) is 50.6 Å². The van der Waals surface area contributed by atoms with Crippen LogP contribution in [0.15, 0.2) is 47.4 Å². The van der Waals surface area contributed by atoms with Crippen LogP contribution in [0.2, 0.25) is 0 Å². The van der Waals surface area contributed by atoms with Crippen molar-refractivity contribution >= 4 is 27.9 Å². The van der Waals surface area contributed by atoms with Gasteiger partial charge in [0.1, 0.15) is 11.5 Å². The molecule has 0 heterocycles. The van der Waals surface area contributed by atoms with E-state index in [-0.39, 0.29) is 21.8 Å². The molecule has 0 unspecified atom stereocenters. The lowest BCUT2D eigenvalue weighted by atomic mass is 10.0. The number of allylic oxidation sites excluding steroid dienone is 1. The Morgan fingerprint density at radius 1 is 0.964 bits per heavy atom.